The van der Waals surface area contributed by atoms with Crippen LogP contribution >= 0.6 is 0 Å². The lowest BCUT2D eigenvalue weighted by atomic mass is 10.7. The van der Waals surface area contributed by atoms with Crippen molar-refractivity contribution in [3.05, 3.63) is 11.0 Å². The SMILES string of the molecule is C=c1n(C)c(=C)n1N. The highest BCUT2D eigenvalue weighted by atomic mass is 15.4. The van der Waals surface area contributed by atoms with Crippen LogP contribution in [0.5, 0.6) is 0 Å². The lowest BCUT2D eigenvalue weighted by molar-refractivity contribution is 0.594. The van der Waals surface area contributed by atoms with E-state index < -0.39 is 0 Å². The van der Waals surface area contributed by atoms with E-state index in [1.807, 2.05) is 11.6 Å². The monoisotopic (exact) mass is 111 g/mol. The first-order valence-electron chi connectivity index (χ1n) is 2.31. The molecule has 2 N–H and O–H groups in total. The van der Waals surface area contributed by atoms with E-state index in [0.29, 0.717) is 0 Å². The van der Waals surface area contributed by atoms with Crippen LogP contribution in [0.3, 0.4) is 0 Å². The fourth-order valence-corrected chi connectivity index (χ4v) is 0.576. The lowest BCUT2D eigenvalue weighted by Crippen LogP contribution is -2.56. The van der Waals surface area contributed by atoms with Crippen LogP contribution in [-0.4, -0.2) is 9.24 Å². The first-order chi connectivity index (χ1) is 3.64. The van der Waals surface area contributed by atoms with Crippen molar-refractivity contribution in [1.82, 2.24) is 9.24 Å². The highest BCUT2D eigenvalue weighted by molar-refractivity contribution is 5.00. The Kier molecular flexibility index (Phi) is 0.743. The van der Waals surface area contributed by atoms with Crippen molar-refractivity contribution < 1.29 is 0 Å². The Labute approximate surface area is 47.3 Å². The number of rotatable bonds is 0. The second-order valence-electron chi connectivity index (χ2n) is 1.76. The number of nitrogens with two attached hydrogens (primary N) is 1. The summed E-state index contributed by atoms with van der Waals surface area (Å²) < 4.78 is 3.26. The summed E-state index contributed by atoms with van der Waals surface area (Å²) in [6.45, 7) is 7.28. The highest BCUT2D eigenvalue weighted by Gasteiger charge is 1.93. The second kappa shape index (κ2) is 1.18. The fraction of sp³-hybridized carbons (Fsp3) is 0.200. The predicted molar refractivity (Wildman–Crippen MR) is 33.8 cm³/mol. The first kappa shape index (κ1) is 5.03. The van der Waals surface area contributed by atoms with Gasteiger partial charge in [0.2, 0.25) is 0 Å². The van der Waals surface area contributed by atoms with Crippen molar-refractivity contribution in [3.63, 3.8) is 0 Å². The van der Waals surface area contributed by atoms with Crippen LogP contribution < -0.4 is 16.8 Å². The quantitative estimate of drug-likeness (QED) is 0.400. The average molecular weight is 111 g/mol. The van der Waals surface area contributed by atoms with E-state index in [1.54, 1.807) is 0 Å². The summed E-state index contributed by atoms with van der Waals surface area (Å²) in [5, 5.41) is 0. The van der Waals surface area contributed by atoms with Gasteiger partial charge >= 0.3 is 0 Å². The topological polar surface area (TPSA) is 35.9 Å². The lowest BCUT2D eigenvalue weighted by Gasteiger charge is -2.12. The molecule has 0 amide bonds. The third kappa shape index (κ3) is 0.332. The van der Waals surface area contributed by atoms with E-state index in [2.05, 4.69) is 13.2 Å². The molecule has 3 nitrogen and oxygen atoms in total. The maximum Gasteiger partial charge on any atom is 0.127 e. The molecule has 0 aliphatic heterocycles. The molecule has 1 aromatic heterocycles. The van der Waals surface area contributed by atoms with Crippen LogP contribution in [0.4, 0.5) is 0 Å². The minimum Gasteiger partial charge on any atom is -0.336 e. The van der Waals surface area contributed by atoms with Crippen LogP contribution in [0.25, 0.3) is 13.2 Å². The second-order valence-corrected chi connectivity index (χ2v) is 1.76. The molecule has 0 radical (unpaired) electrons. The van der Waals surface area contributed by atoms with Crippen LogP contribution in [0, 0.1) is 0 Å². The Hall–Kier alpha value is -1.12. The molecule has 0 spiro atoms. The molecule has 0 saturated heterocycles. The van der Waals surface area contributed by atoms with E-state index in [-0.39, 0.29) is 0 Å². The van der Waals surface area contributed by atoms with E-state index in [9.17, 15) is 0 Å². The molecule has 0 bridgehead atoms. The minimum absolute atomic E-state index is 0.787. The number of aromatic nitrogens is 2. The van der Waals surface area contributed by atoms with Gasteiger partial charge in [0.25, 0.3) is 0 Å². The number of hydrogen-bond acceptors (Lipinski definition) is 1. The molecule has 0 fully saturated rings. The summed E-state index contributed by atoms with van der Waals surface area (Å²) in [7, 11) is 1.87. The summed E-state index contributed by atoms with van der Waals surface area (Å²) in [6.07, 6.45) is 0. The Morgan fingerprint density at radius 2 is 1.75 bits per heavy atom. The van der Waals surface area contributed by atoms with Crippen LogP contribution in [0.1, 0.15) is 0 Å². The fourth-order valence-electron chi connectivity index (χ4n) is 0.576. The molecule has 0 atom stereocenters. The Bertz CT molecular complexity index is 227. The van der Waals surface area contributed by atoms with E-state index in [4.69, 9.17) is 5.84 Å². The molecule has 3 heteroatoms. The summed E-state index contributed by atoms with van der Waals surface area (Å²) in [5.74, 6) is 5.35. The Balaban J connectivity index is 3.48. The van der Waals surface area contributed by atoms with E-state index >= 15 is 0 Å². The third-order valence-electron chi connectivity index (χ3n) is 1.33. The number of nitrogen functional groups attached to an aromatic ring is 1. The maximum atomic E-state index is 5.35. The number of nitrogens with zero attached hydrogens (tertiary/aromatic N) is 2. The summed E-state index contributed by atoms with van der Waals surface area (Å²) in [5.41, 5.74) is 1.57. The Morgan fingerprint density at radius 1 is 1.38 bits per heavy atom. The molecular weight excluding hydrogens is 102 g/mol. The van der Waals surface area contributed by atoms with Crippen molar-refractivity contribution in [2.24, 2.45) is 7.05 Å². The minimum atomic E-state index is 0.787. The summed E-state index contributed by atoms with van der Waals surface area (Å²) >= 11 is 0. The standard InChI is InChI=1S/C5H9N3/c1-4-7(3)5(2)8(4)6/h1-2,6H2,3H3. The molecule has 0 aliphatic carbocycles. The number of hydrogen-bond donors (Lipinski definition) is 1. The van der Waals surface area contributed by atoms with Gasteiger partial charge in [-0.25, -0.2) is 4.68 Å². The molecule has 0 aromatic carbocycles. The van der Waals surface area contributed by atoms with Crippen LogP contribution in [0.2, 0.25) is 0 Å². The molecule has 0 unspecified atom stereocenters. The van der Waals surface area contributed by atoms with Crippen molar-refractivity contribution in [2.45, 2.75) is 0 Å². The molecule has 8 heavy (non-hydrogen) atoms. The molecule has 1 aromatic rings. The van der Waals surface area contributed by atoms with Gasteiger partial charge in [-0.15, -0.1) is 0 Å². The maximum absolute atomic E-state index is 5.35. The van der Waals surface area contributed by atoms with E-state index in [1.165, 1.54) is 4.68 Å². The van der Waals surface area contributed by atoms with Gasteiger partial charge in [-0.1, -0.05) is 13.2 Å². The van der Waals surface area contributed by atoms with Crippen LogP contribution in [0.15, 0.2) is 0 Å². The van der Waals surface area contributed by atoms with Gasteiger partial charge in [-0.05, 0) is 0 Å². The summed E-state index contributed by atoms with van der Waals surface area (Å²) in [4.78, 5) is 0. The zero-order chi connectivity index (χ0) is 6.31. The molecule has 0 aliphatic rings. The smallest absolute Gasteiger partial charge is 0.127 e. The third-order valence-corrected chi connectivity index (χ3v) is 1.33. The van der Waals surface area contributed by atoms with Crippen molar-refractivity contribution in [1.29, 1.82) is 0 Å². The van der Waals surface area contributed by atoms with Gasteiger partial charge < -0.3 is 10.4 Å². The zero-order valence-electron chi connectivity index (χ0n) is 4.89. The van der Waals surface area contributed by atoms with Gasteiger partial charge in [-0.2, -0.15) is 0 Å². The average Bonchev–Trinajstić information content (AvgIpc) is 1.83. The highest BCUT2D eigenvalue weighted by Crippen LogP contribution is 1.54. The van der Waals surface area contributed by atoms with Gasteiger partial charge in [0.15, 0.2) is 0 Å². The molecule has 44 valence electrons. The molecular formula is C5H9N3. The molecule has 0 saturated carbocycles. The van der Waals surface area contributed by atoms with Crippen molar-refractivity contribution in [2.75, 3.05) is 5.84 Å². The van der Waals surface area contributed by atoms with Crippen LogP contribution in [-0.2, 0) is 7.05 Å². The molecule has 1 rings (SSSR count). The largest absolute Gasteiger partial charge is 0.336 e. The Morgan fingerprint density at radius 3 is 1.88 bits per heavy atom. The van der Waals surface area contributed by atoms with E-state index in [0.717, 1.165) is 11.0 Å². The molecule has 1 heterocycles. The predicted octanol–water partition coefficient (Wildman–Crippen LogP) is -1.64. The van der Waals surface area contributed by atoms with Crippen molar-refractivity contribution in [3.8, 4) is 0 Å². The van der Waals surface area contributed by atoms with Crippen molar-refractivity contribution >= 4 is 13.2 Å². The first-order valence-corrected chi connectivity index (χ1v) is 2.31. The normalized spacial score (nSPS) is 10.1. The van der Waals surface area contributed by atoms with Gasteiger partial charge in [0.05, 0.1) is 0 Å². The van der Waals surface area contributed by atoms with Gasteiger partial charge in [-0.3, -0.25) is 0 Å². The summed E-state index contributed by atoms with van der Waals surface area (Å²) in [6, 6.07) is 0. The van der Waals surface area contributed by atoms with Gasteiger partial charge in [0.1, 0.15) is 11.0 Å². The zero-order valence-corrected chi connectivity index (χ0v) is 4.89. The van der Waals surface area contributed by atoms with Gasteiger partial charge in [0, 0.05) is 7.05 Å².